The molecule has 0 N–H and O–H groups in total. The number of benzene rings is 3. The maximum atomic E-state index is 13.2. The predicted molar refractivity (Wildman–Crippen MR) is 124 cm³/mol. The largest absolute Gasteiger partial charge is 0.461 e. The lowest BCUT2D eigenvalue weighted by Gasteiger charge is -2.09. The Bertz CT molecular complexity index is 1320. The Morgan fingerprint density at radius 2 is 1.61 bits per heavy atom. The van der Waals surface area contributed by atoms with Gasteiger partial charge in [0.15, 0.2) is 0 Å². The van der Waals surface area contributed by atoms with Gasteiger partial charge in [-0.2, -0.15) is 0 Å². The molecule has 0 aliphatic heterocycles. The number of ether oxygens (including phenoxy) is 2. The van der Waals surface area contributed by atoms with Crippen LogP contribution in [0.1, 0.15) is 34.1 Å². The monoisotopic (exact) mass is 441 g/mol. The maximum absolute atomic E-state index is 13.2. The van der Waals surface area contributed by atoms with Crippen LogP contribution in [0.2, 0.25) is 0 Å². The van der Waals surface area contributed by atoms with Crippen LogP contribution in [0, 0.1) is 6.92 Å². The van der Waals surface area contributed by atoms with Crippen LogP contribution in [0.5, 0.6) is 5.75 Å². The van der Waals surface area contributed by atoms with Gasteiger partial charge in [-0.1, -0.05) is 42.5 Å². The number of aryl methyl sites for hydroxylation is 1. The van der Waals surface area contributed by atoms with Crippen molar-refractivity contribution < 1.29 is 23.9 Å². The molecule has 0 aliphatic rings. The highest BCUT2D eigenvalue weighted by Crippen LogP contribution is 2.26. The third-order valence-corrected chi connectivity index (χ3v) is 5.26. The minimum absolute atomic E-state index is 0.110. The smallest absolute Gasteiger partial charge is 0.310 e. The minimum Gasteiger partial charge on any atom is -0.461 e. The number of hydrogen-bond donors (Lipinski definition) is 0. The van der Waals surface area contributed by atoms with Crippen LogP contribution >= 0.6 is 0 Å². The van der Waals surface area contributed by atoms with E-state index in [9.17, 15) is 14.4 Å². The Balaban J connectivity index is 1.55. The Morgan fingerprint density at radius 1 is 0.879 bits per heavy atom. The Hall–Kier alpha value is -4.19. The summed E-state index contributed by atoms with van der Waals surface area (Å²) in [7, 11) is 0. The highest BCUT2D eigenvalue weighted by molar-refractivity contribution is 6.04. The van der Waals surface area contributed by atoms with Crippen LogP contribution in [-0.4, -0.2) is 22.4 Å². The van der Waals surface area contributed by atoms with E-state index in [-0.39, 0.29) is 24.9 Å². The summed E-state index contributed by atoms with van der Waals surface area (Å²) < 4.78 is 12.1. The summed E-state index contributed by atoms with van der Waals surface area (Å²) in [5.74, 6) is -0.578. The van der Waals surface area contributed by atoms with Crippen LogP contribution < -0.4 is 4.74 Å². The Kier molecular flexibility index (Phi) is 6.36. The van der Waals surface area contributed by atoms with E-state index in [1.54, 1.807) is 28.8 Å². The van der Waals surface area contributed by atoms with Crippen LogP contribution in [0.4, 0.5) is 0 Å². The molecule has 1 aromatic heterocycles. The number of nitrogens with zero attached hydrogens (tertiary/aromatic N) is 1. The molecule has 4 rings (SSSR count). The molecule has 0 saturated carbocycles. The van der Waals surface area contributed by atoms with Crippen molar-refractivity contribution in [2.45, 2.75) is 26.9 Å². The third-order valence-electron chi connectivity index (χ3n) is 5.26. The van der Waals surface area contributed by atoms with Gasteiger partial charge in [0.1, 0.15) is 12.4 Å². The fraction of sp³-hybridized carbons (Fsp3) is 0.148. The van der Waals surface area contributed by atoms with Crippen LogP contribution in [0.3, 0.4) is 0 Å². The lowest BCUT2D eigenvalue weighted by Crippen LogP contribution is -2.13. The zero-order valence-electron chi connectivity index (χ0n) is 18.4. The average molecular weight is 441 g/mol. The van der Waals surface area contributed by atoms with Crippen molar-refractivity contribution in [3.05, 3.63) is 101 Å². The van der Waals surface area contributed by atoms with Crippen molar-refractivity contribution in [2.24, 2.45) is 0 Å². The molecule has 6 nitrogen and oxygen atoms in total. The molecule has 6 heteroatoms. The third kappa shape index (κ3) is 5.01. The van der Waals surface area contributed by atoms with Gasteiger partial charge in [-0.25, -0.2) is 0 Å². The second-order valence-electron chi connectivity index (χ2n) is 7.72. The van der Waals surface area contributed by atoms with Crippen molar-refractivity contribution in [1.29, 1.82) is 0 Å². The predicted octanol–water partition coefficient (Wildman–Crippen LogP) is 4.85. The molecule has 33 heavy (non-hydrogen) atoms. The highest BCUT2D eigenvalue weighted by Gasteiger charge is 2.18. The van der Waals surface area contributed by atoms with Crippen LogP contribution in [-0.2, 0) is 27.4 Å². The van der Waals surface area contributed by atoms with E-state index in [1.807, 2.05) is 61.5 Å². The summed E-state index contributed by atoms with van der Waals surface area (Å²) in [5, 5.41) is 0.830. The number of fused-ring (bicyclic) bond motifs is 1. The standard InChI is InChI=1S/C27H23NO5/c1-18-15-24-22(16-26(30)32-17-20-7-4-3-5-8-20)9-6-10-25(24)28(18)27(31)21-11-13-23(14-12-21)33-19(2)29/h3-15H,16-17H2,1-2H3. The van der Waals surface area contributed by atoms with Gasteiger partial charge >= 0.3 is 11.9 Å². The average Bonchev–Trinajstić information content (AvgIpc) is 3.15. The van der Waals surface area contributed by atoms with Gasteiger partial charge in [0.05, 0.1) is 11.9 Å². The van der Waals surface area contributed by atoms with Gasteiger partial charge in [0, 0.05) is 23.6 Å². The molecular weight excluding hydrogens is 418 g/mol. The van der Waals surface area contributed by atoms with Crippen molar-refractivity contribution in [2.75, 3.05) is 0 Å². The number of aromatic nitrogens is 1. The van der Waals surface area contributed by atoms with Crippen molar-refractivity contribution in [3.8, 4) is 5.75 Å². The Labute approximate surface area is 191 Å². The molecule has 0 unspecified atom stereocenters. The topological polar surface area (TPSA) is 74.6 Å². The molecule has 0 amide bonds. The Morgan fingerprint density at radius 3 is 2.30 bits per heavy atom. The van der Waals surface area contributed by atoms with E-state index in [4.69, 9.17) is 9.47 Å². The normalized spacial score (nSPS) is 10.7. The molecule has 0 aliphatic carbocycles. The molecule has 166 valence electrons. The SMILES string of the molecule is CC(=O)Oc1ccc(C(=O)n2c(C)cc3c(CC(=O)OCc4ccccc4)cccc32)cc1. The molecule has 4 aromatic rings. The van der Waals surface area contributed by atoms with E-state index in [1.165, 1.54) is 6.92 Å². The highest BCUT2D eigenvalue weighted by atomic mass is 16.5. The molecule has 0 bridgehead atoms. The van der Waals surface area contributed by atoms with Gasteiger partial charge in [0.2, 0.25) is 0 Å². The number of carbonyl (C=O) groups is 3. The number of esters is 2. The first-order valence-electron chi connectivity index (χ1n) is 10.5. The second-order valence-corrected chi connectivity index (χ2v) is 7.72. The first-order valence-corrected chi connectivity index (χ1v) is 10.5. The number of hydrogen-bond acceptors (Lipinski definition) is 5. The lowest BCUT2D eigenvalue weighted by atomic mass is 10.1. The van der Waals surface area contributed by atoms with Gasteiger partial charge in [0.25, 0.3) is 5.91 Å². The molecule has 1 heterocycles. The molecule has 0 saturated heterocycles. The van der Waals surface area contributed by atoms with E-state index in [0.29, 0.717) is 11.3 Å². The summed E-state index contributed by atoms with van der Waals surface area (Å²) in [5.41, 5.74) is 3.65. The van der Waals surface area contributed by atoms with E-state index in [0.717, 1.165) is 27.7 Å². The molecule has 0 radical (unpaired) electrons. The summed E-state index contributed by atoms with van der Waals surface area (Å²) in [6.45, 7) is 3.39. The number of carbonyl (C=O) groups excluding carboxylic acids is 3. The fourth-order valence-electron chi connectivity index (χ4n) is 3.75. The first-order chi connectivity index (χ1) is 15.9. The summed E-state index contributed by atoms with van der Waals surface area (Å²) >= 11 is 0. The van der Waals surface area contributed by atoms with Crippen molar-refractivity contribution >= 4 is 28.7 Å². The molecule has 3 aromatic carbocycles. The van der Waals surface area contributed by atoms with Crippen LogP contribution in [0.25, 0.3) is 10.9 Å². The molecule has 0 fully saturated rings. The molecular formula is C27H23NO5. The van der Waals surface area contributed by atoms with Gasteiger partial charge in [-0.15, -0.1) is 0 Å². The summed E-state index contributed by atoms with van der Waals surface area (Å²) in [6, 6.07) is 23.4. The first kappa shape index (κ1) is 22.0. The van der Waals surface area contributed by atoms with E-state index < -0.39 is 5.97 Å². The molecule has 0 spiro atoms. The van der Waals surface area contributed by atoms with Crippen LogP contribution in [0.15, 0.2) is 78.9 Å². The van der Waals surface area contributed by atoms with Crippen molar-refractivity contribution in [3.63, 3.8) is 0 Å². The van der Waals surface area contributed by atoms with Gasteiger partial charge < -0.3 is 9.47 Å². The molecule has 0 atom stereocenters. The second kappa shape index (κ2) is 9.53. The maximum Gasteiger partial charge on any atom is 0.310 e. The zero-order valence-corrected chi connectivity index (χ0v) is 18.4. The lowest BCUT2D eigenvalue weighted by molar-refractivity contribution is -0.144. The van der Waals surface area contributed by atoms with E-state index in [2.05, 4.69) is 0 Å². The minimum atomic E-state index is -0.420. The van der Waals surface area contributed by atoms with Gasteiger partial charge in [-0.05, 0) is 54.4 Å². The zero-order chi connectivity index (χ0) is 23.4. The number of rotatable bonds is 6. The summed E-state index contributed by atoms with van der Waals surface area (Å²) in [4.78, 5) is 36.8. The quantitative estimate of drug-likeness (QED) is 0.316. The van der Waals surface area contributed by atoms with Crippen molar-refractivity contribution in [1.82, 2.24) is 4.57 Å². The summed E-state index contributed by atoms with van der Waals surface area (Å²) in [6.07, 6.45) is 0.110. The fourth-order valence-corrected chi connectivity index (χ4v) is 3.75. The van der Waals surface area contributed by atoms with Gasteiger partial charge in [-0.3, -0.25) is 19.0 Å². The van der Waals surface area contributed by atoms with E-state index >= 15 is 0 Å².